The van der Waals surface area contributed by atoms with Gasteiger partial charge in [-0.05, 0) is 96.2 Å². The van der Waals surface area contributed by atoms with Crippen molar-refractivity contribution in [2.45, 2.75) is 13.8 Å². The molecule has 1 aliphatic heterocycles. The Hall–Kier alpha value is -2.00. The van der Waals surface area contributed by atoms with Crippen LogP contribution < -0.4 is 9.47 Å². The highest BCUT2D eigenvalue weighted by Gasteiger charge is 2.32. The number of thioether (sulfide) groups is 1. The predicted octanol–water partition coefficient (Wildman–Crippen LogP) is 5.32. The molecule has 0 spiro atoms. The SMILES string of the molecule is CCOc1ccc(/C=C2/SC(=Nc3ccc(OC)cc3)N(CC)C2=O)cc1I. The number of aliphatic imine (C=N–C) groups is 1. The van der Waals surface area contributed by atoms with Crippen molar-refractivity contribution >= 4 is 57.2 Å². The Kier molecular flexibility index (Phi) is 7.01. The van der Waals surface area contributed by atoms with E-state index in [1.54, 1.807) is 12.0 Å². The first-order valence-corrected chi connectivity index (χ1v) is 10.8. The molecule has 1 heterocycles. The normalized spacial score (nSPS) is 16.9. The summed E-state index contributed by atoms with van der Waals surface area (Å²) in [5, 5.41) is 0.685. The highest BCUT2D eigenvalue weighted by molar-refractivity contribution is 14.1. The second kappa shape index (κ2) is 9.47. The zero-order valence-electron chi connectivity index (χ0n) is 15.9. The van der Waals surface area contributed by atoms with Crippen molar-refractivity contribution in [3.8, 4) is 11.5 Å². The number of hydrogen-bond acceptors (Lipinski definition) is 5. The molecular weight excluding hydrogens is 487 g/mol. The third-order valence-electron chi connectivity index (χ3n) is 4.06. The first-order valence-electron chi connectivity index (χ1n) is 8.92. The van der Waals surface area contributed by atoms with Gasteiger partial charge >= 0.3 is 0 Å². The third-order valence-corrected chi connectivity index (χ3v) is 5.90. The van der Waals surface area contributed by atoms with Gasteiger partial charge in [0.2, 0.25) is 0 Å². The van der Waals surface area contributed by atoms with Crippen molar-refractivity contribution in [3.05, 3.63) is 56.5 Å². The number of nitrogens with zero attached hydrogens (tertiary/aromatic N) is 2. The Balaban J connectivity index is 1.87. The maximum Gasteiger partial charge on any atom is 0.266 e. The summed E-state index contributed by atoms with van der Waals surface area (Å²) in [5.74, 6) is 1.60. The summed E-state index contributed by atoms with van der Waals surface area (Å²) in [4.78, 5) is 19.8. The summed E-state index contributed by atoms with van der Waals surface area (Å²) in [6.45, 7) is 5.11. The molecule has 0 aliphatic carbocycles. The van der Waals surface area contributed by atoms with Gasteiger partial charge in [-0.15, -0.1) is 0 Å². The molecule has 0 unspecified atom stereocenters. The van der Waals surface area contributed by atoms with Gasteiger partial charge in [0.05, 0.1) is 27.9 Å². The van der Waals surface area contributed by atoms with Crippen LogP contribution in [0.25, 0.3) is 6.08 Å². The van der Waals surface area contributed by atoms with Crippen LogP contribution in [-0.4, -0.2) is 36.2 Å². The molecular formula is C21H21IN2O3S. The zero-order chi connectivity index (χ0) is 20.1. The summed E-state index contributed by atoms with van der Waals surface area (Å²) >= 11 is 3.64. The van der Waals surface area contributed by atoms with Crippen molar-refractivity contribution in [1.29, 1.82) is 0 Å². The molecule has 2 aromatic carbocycles. The molecule has 28 heavy (non-hydrogen) atoms. The number of ether oxygens (including phenoxy) is 2. The van der Waals surface area contributed by atoms with E-state index < -0.39 is 0 Å². The third kappa shape index (κ3) is 4.70. The Morgan fingerprint density at radius 1 is 1.18 bits per heavy atom. The monoisotopic (exact) mass is 508 g/mol. The fourth-order valence-electron chi connectivity index (χ4n) is 2.67. The molecule has 1 fully saturated rings. The van der Waals surface area contributed by atoms with Crippen LogP contribution in [0.5, 0.6) is 11.5 Å². The van der Waals surface area contributed by atoms with E-state index in [-0.39, 0.29) is 5.91 Å². The fourth-order valence-corrected chi connectivity index (χ4v) is 4.43. The number of likely N-dealkylation sites (N-methyl/N-ethyl adjacent to an activating group) is 1. The standard InChI is InChI=1S/C21H21IN2O3S/c1-4-24-20(25)19(13-14-6-11-18(27-5-2)17(22)12-14)28-21(24)23-15-7-9-16(26-3)10-8-15/h6-13H,4-5H2,1-3H3/b19-13+,23-21?. The van der Waals surface area contributed by atoms with Gasteiger partial charge in [0.15, 0.2) is 5.17 Å². The molecule has 2 aromatic rings. The number of carbonyl (C=O) groups is 1. The Morgan fingerprint density at radius 3 is 2.54 bits per heavy atom. The highest BCUT2D eigenvalue weighted by Crippen LogP contribution is 2.35. The van der Waals surface area contributed by atoms with E-state index in [0.717, 1.165) is 26.3 Å². The molecule has 1 saturated heterocycles. The summed E-state index contributed by atoms with van der Waals surface area (Å²) in [7, 11) is 1.63. The van der Waals surface area contributed by atoms with Crippen molar-refractivity contribution in [2.75, 3.05) is 20.3 Å². The van der Waals surface area contributed by atoms with Crippen molar-refractivity contribution in [2.24, 2.45) is 4.99 Å². The van der Waals surface area contributed by atoms with E-state index in [0.29, 0.717) is 23.2 Å². The minimum absolute atomic E-state index is 0.0244. The second-order valence-corrected chi connectivity index (χ2v) is 8.05. The number of amides is 1. The van der Waals surface area contributed by atoms with E-state index in [4.69, 9.17) is 9.47 Å². The van der Waals surface area contributed by atoms with Gasteiger partial charge in [0.1, 0.15) is 11.5 Å². The van der Waals surface area contributed by atoms with Gasteiger partial charge in [-0.2, -0.15) is 0 Å². The van der Waals surface area contributed by atoms with E-state index in [1.807, 2.05) is 62.4 Å². The lowest BCUT2D eigenvalue weighted by Crippen LogP contribution is -2.28. The van der Waals surface area contributed by atoms with Gasteiger partial charge in [0, 0.05) is 6.54 Å². The maximum atomic E-state index is 12.8. The molecule has 1 aliphatic rings. The molecule has 7 heteroatoms. The molecule has 0 atom stereocenters. The first kappa shape index (κ1) is 20.7. The largest absolute Gasteiger partial charge is 0.497 e. The molecule has 146 valence electrons. The van der Waals surface area contributed by atoms with Crippen molar-refractivity contribution < 1.29 is 14.3 Å². The predicted molar refractivity (Wildman–Crippen MR) is 123 cm³/mol. The van der Waals surface area contributed by atoms with Crippen LogP contribution in [0.3, 0.4) is 0 Å². The lowest BCUT2D eigenvalue weighted by Gasteiger charge is -2.12. The number of rotatable bonds is 6. The minimum atomic E-state index is -0.0244. The average Bonchev–Trinajstić information content (AvgIpc) is 2.99. The lowest BCUT2D eigenvalue weighted by atomic mass is 10.2. The Morgan fingerprint density at radius 2 is 1.93 bits per heavy atom. The number of methoxy groups -OCH3 is 1. The lowest BCUT2D eigenvalue weighted by molar-refractivity contribution is -0.122. The molecule has 0 aromatic heterocycles. The molecule has 3 rings (SSSR count). The van der Waals surface area contributed by atoms with Crippen LogP contribution in [-0.2, 0) is 4.79 Å². The molecule has 1 amide bonds. The number of carbonyl (C=O) groups excluding carboxylic acids is 1. The topological polar surface area (TPSA) is 51.1 Å². The first-order chi connectivity index (χ1) is 13.5. The zero-order valence-corrected chi connectivity index (χ0v) is 18.9. The summed E-state index contributed by atoms with van der Waals surface area (Å²) in [6.07, 6.45) is 1.91. The van der Waals surface area contributed by atoms with Gasteiger partial charge in [-0.3, -0.25) is 9.69 Å². The van der Waals surface area contributed by atoms with Gasteiger partial charge in [-0.1, -0.05) is 6.07 Å². The fraction of sp³-hybridized carbons (Fsp3) is 0.238. The van der Waals surface area contributed by atoms with Gasteiger partial charge in [0.25, 0.3) is 5.91 Å². The molecule has 0 N–H and O–H groups in total. The number of benzene rings is 2. The second-order valence-electron chi connectivity index (χ2n) is 5.88. The molecule has 0 bridgehead atoms. The van der Waals surface area contributed by atoms with Crippen LogP contribution in [0.1, 0.15) is 19.4 Å². The molecule has 0 saturated carbocycles. The van der Waals surface area contributed by atoms with Gasteiger partial charge in [-0.25, -0.2) is 4.99 Å². The van der Waals surface area contributed by atoms with E-state index in [2.05, 4.69) is 27.6 Å². The van der Waals surface area contributed by atoms with Crippen LogP contribution in [0, 0.1) is 3.57 Å². The van der Waals surface area contributed by atoms with Crippen molar-refractivity contribution in [3.63, 3.8) is 0 Å². The summed E-state index contributed by atoms with van der Waals surface area (Å²) in [5.41, 5.74) is 1.75. The highest BCUT2D eigenvalue weighted by atomic mass is 127. The molecule has 0 radical (unpaired) electrons. The van der Waals surface area contributed by atoms with Crippen LogP contribution in [0.4, 0.5) is 5.69 Å². The van der Waals surface area contributed by atoms with E-state index in [9.17, 15) is 4.79 Å². The van der Waals surface area contributed by atoms with Crippen LogP contribution >= 0.6 is 34.4 Å². The summed E-state index contributed by atoms with van der Waals surface area (Å²) < 4.78 is 11.8. The minimum Gasteiger partial charge on any atom is -0.497 e. The Bertz CT molecular complexity index is 926. The van der Waals surface area contributed by atoms with E-state index >= 15 is 0 Å². The van der Waals surface area contributed by atoms with E-state index in [1.165, 1.54) is 11.8 Å². The molecule has 5 nitrogen and oxygen atoms in total. The maximum absolute atomic E-state index is 12.8. The number of halogens is 1. The average molecular weight is 508 g/mol. The van der Waals surface area contributed by atoms with Crippen molar-refractivity contribution in [1.82, 2.24) is 4.90 Å². The van der Waals surface area contributed by atoms with Crippen LogP contribution in [0.2, 0.25) is 0 Å². The smallest absolute Gasteiger partial charge is 0.266 e. The Labute approximate surface area is 183 Å². The van der Waals surface area contributed by atoms with Crippen LogP contribution in [0.15, 0.2) is 52.4 Å². The number of hydrogen-bond donors (Lipinski definition) is 0. The summed E-state index contributed by atoms with van der Waals surface area (Å²) in [6, 6.07) is 13.4. The quantitative estimate of drug-likeness (QED) is 0.392. The van der Waals surface area contributed by atoms with Gasteiger partial charge < -0.3 is 9.47 Å². The number of amidine groups is 1.